The third kappa shape index (κ3) is 4.86. The van der Waals surface area contributed by atoms with Gasteiger partial charge in [0.15, 0.2) is 11.5 Å². The number of hydrogen-bond donors (Lipinski definition) is 1. The Labute approximate surface area is 174 Å². The predicted molar refractivity (Wildman–Crippen MR) is 111 cm³/mol. The van der Waals surface area contributed by atoms with Crippen LogP contribution in [0.15, 0.2) is 65.2 Å². The van der Waals surface area contributed by atoms with E-state index in [2.05, 4.69) is 10.5 Å². The molecule has 154 valence electrons. The van der Waals surface area contributed by atoms with E-state index in [1.807, 2.05) is 54.6 Å². The molecule has 2 aromatic carbocycles. The molecule has 0 saturated heterocycles. The van der Waals surface area contributed by atoms with Crippen LogP contribution in [0.2, 0.25) is 0 Å². The number of benzene rings is 2. The van der Waals surface area contributed by atoms with Gasteiger partial charge in [-0.25, -0.2) is 0 Å². The van der Waals surface area contributed by atoms with Crippen molar-refractivity contribution in [3.8, 4) is 17.1 Å². The van der Waals surface area contributed by atoms with Crippen LogP contribution < -0.4 is 10.1 Å². The molecular weight excluding hydrogens is 382 g/mol. The molecule has 0 atom stereocenters. The summed E-state index contributed by atoms with van der Waals surface area (Å²) in [7, 11) is 1.60. The van der Waals surface area contributed by atoms with Gasteiger partial charge in [0, 0.05) is 24.2 Å². The molecule has 2 amide bonds. The molecule has 4 rings (SSSR count). The quantitative estimate of drug-likeness (QED) is 0.622. The lowest BCUT2D eigenvalue weighted by molar-refractivity contribution is -0.122. The third-order valence-electron chi connectivity index (χ3n) is 4.88. The Morgan fingerprint density at radius 2 is 1.87 bits per heavy atom. The van der Waals surface area contributed by atoms with E-state index in [1.54, 1.807) is 13.2 Å². The number of methoxy groups -OCH3 is 1. The molecule has 1 aromatic heterocycles. The number of carbonyl (C=O) groups excluding carboxylic acids is 2. The maximum Gasteiger partial charge on any atom is 0.276 e. The van der Waals surface area contributed by atoms with Gasteiger partial charge in [0.1, 0.15) is 12.3 Å². The minimum Gasteiger partial charge on any atom is -0.497 e. The molecule has 1 N–H and O–H groups in total. The molecule has 1 aliphatic rings. The zero-order valence-corrected chi connectivity index (χ0v) is 16.7. The minimum atomic E-state index is -0.353. The molecule has 1 aliphatic carbocycles. The maximum absolute atomic E-state index is 13.1. The second kappa shape index (κ2) is 8.82. The van der Waals surface area contributed by atoms with E-state index in [-0.39, 0.29) is 30.1 Å². The van der Waals surface area contributed by atoms with Gasteiger partial charge in [-0.1, -0.05) is 35.5 Å². The van der Waals surface area contributed by atoms with Crippen molar-refractivity contribution >= 4 is 11.8 Å². The molecule has 3 aromatic rings. The van der Waals surface area contributed by atoms with Crippen LogP contribution in [-0.4, -0.2) is 41.6 Å². The van der Waals surface area contributed by atoms with Crippen molar-refractivity contribution in [1.29, 1.82) is 0 Å². The van der Waals surface area contributed by atoms with E-state index in [4.69, 9.17) is 9.26 Å². The van der Waals surface area contributed by atoms with Gasteiger partial charge in [0.25, 0.3) is 5.91 Å². The summed E-state index contributed by atoms with van der Waals surface area (Å²) in [6, 6.07) is 18.7. The number of carbonyl (C=O) groups is 2. The van der Waals surface area contributed by atoms with Crippen LogP contribution >= 0.6 is 0 Å². The molecule has 0 bridgehead atoms. The second-order valence-electron chi connectivity index (χ2n) is 7.29. The van der Waals surface area contributed by atoms with E-state index < -0.39 is 0 Å². The lowest BCUT2D eigenvalue weighted by Crippen LogP contribution is -2.41. The van der Waals surface area contributed by atoms with Crippen LogP contribution in [0.1, 0.15) is 28.9 Å². The van der Waals surface area contributed by atoms with Crippen LogP contribution in [0.3, 0.4) is 0 Å². The molecule has 30 heavy (non-hydrogen) atoms. The highest BCUT2D eigenvalue weighted by molar-refractivity contribution is 5.95. The van der Waals surface area contributed by atoms with Crippen LogP contribution in [0.4, 0.5) is 0 Å². The third-order valence-corrected chi connectivity index (χ3v) is 4.88. The number of aromatic nitrogens is 1. The molecular formula is C23H23N3O4. The highest BCUT2D eigenvalue weighted by atomic mass is 16.5. The molecule has 7 nitrogen and oxygen atoms in total. The Hall–Kier alpha value is -3.61. The number of amides is 2. The first-order valence-electron chi connectivity index (χ1n) is 9.86. The first kappa shape index (κ1) is 19.7. The van der Waals surface area contributed by atoms with Gasteiger partial charge in [-0.3, -0.25) is 9.59 Å². The summed E-state index contributed by atoms with van der Waals surface area (Å²) in [6.45, 7) is 0.275. The highest BCUT2D eigenvalue weighted by Gasteiger charge is 2.27. The normalized spacial score (nSPS) is 13.0. The van der Waals surface area contributed by atoms with Crippen molar-refractivity contribution in [2.24, 2.45) is 0 Å². The average Bonchev–Trinajstić information content (AvgIpc) is 3.45. The van der Waals surface area contributed by atoms with E-state index in [0.29, 0.717) is 12.3 Å². The van der Waals surface area contributed by atoms with Crippen molar-refractivity contribution in [3.05, 3.63) is 71.9 Å². The SMILES string of the molecule is COc1ccc(-c2cc(C(=O)N(CC(=O)NC3CC3)Cc3ccccc3)no2)cc1. The Balaban J connectivity index is 1.52. The largest absolute Gasteiger partial charge is 0.497 e. The highest BCUT2D eigenvalue weighted by Crippen LogP contribution is 2.24. The summed E-state index contributed by atoms with van der Waals surface area (Å²) in [5, 5.41) is 6.88. The van der Waals surface area contributed by atoms with Gasteiger partial charge in [-0.15, -0.1) is 0 Å². The van der Waals surface area contributed by atoms with Gasteiger partial charge in [-0.05, 0) is 42.7 Å². The summed E-state index contributed by atoms with van der Waals surface area (Å²) in [5.74, 6) is 0.683. The second-order valence-corrected chi connectivity index (χ2v) is 7.29. The molecule has 0 spiro atoms. The molecule has 1 fully saturated rings. The Bertz CT molecular complexity index is 1010. The molecule has 0 unspecified atom stereocenters. The van der Waals surface area contributed by atoms with Gasteiger partial charge in [0.05, 0.1) is 7.11 Å². The lowest BCUT2D eigenvalue weighted by atomic mass is 10.1. The van der Waals surface area contributed by atoms with Gasteiger partial charge in [-0.2, -0.15) is 0 Å². The Morgan fingerprint density at radius 3 is 2.53 bits per heavy atom. The molecule has 0 radical (unpaired) electrons. The topological polar surface area (TPSA) is 84.7 Å². The van der Waals surface area contributed by atoms with E-state index in [1.165, 1.54) is 4.90 Å². The van der Waals surface area contributed by atoms with Gasteiger partial charge < -0.3 is 19.5 Å². The molecule has 1 heterocycles. The number of nitrogens with one attached hydrogen (secondary N) is 1. The van der Waals surface area contributed by atoms with E-state index in [0.717, 1.165) is 29.7 Å². The number of nitrogens with zero attached hydrogens (tertiary/aromatic N) is 2. The number of hydrogen-bond acceptors (Lipinski definition) is 5. The lowest BCUT2D eigenvalue weighted by Gasteiger charge is -2.21. The van der Waals surface area contributed by atoms with Crippen molar-refractivity contribution < 1.29 is 18.8 Å². The maximum atomic E-state index is 13.1. The van der Waals surface area contributed by atoms with Crippen LogP contribution in [-0.2, 0) is 11.3 Å². The zero-order valence-electron chi connectivity index (χ0n) is 16.7. The average molecular weight is 405 g/mol. The van der Waals surface area contributed by atoms with Crippen molar-refractivity contribution in [2.45, 2.75) is 25.4 Å². The van der Waals surface area contributed by atoms with Gasteiger partial charge in [0.2, 0.25) is 5.91 Å². The monoisotopic (exact) mass is 405 g/mol. The summed E-state index contributed by atoms with van der Waals surface area (Å²) in [6.07, 6.45) is 1.99. The van der Waals surface area contributed by atoms with Crippen LogP contribution in [0, 0.1) is 0 Å². The summed E-state index contributed by atoms with van der Waals surface area (Å²) in [4.78, 5) is 27.0. The van der Waals surface area contributed by atoms with E-state index >= 15 is 0 Å². The number of ether oxygens (including phenoxy) is 1. The smallest absolute Gasteiger partial charge is 0.276 e. The first-order chi connectivity index (χ1) is 14.6. The van der Waals surface area contributed by atoms with Crippen LogP contribution in [0.25, 0.3) is 11.3 Å². The summed E-state index contributed by atoms with van der Waals surface area (Å²) in [5.41, 5.74) is 1.88. The fraction of sp³-hybridized carbons (Fsp3) is 0.261. The Morgan fingerprint density at radius 1 is 1.13 bits per heavy atom. The number of rotatable bonds is 8. The van der Waals surface area contributed by atoms with E-state index in [9.17, 15) is 9.59 Å². The Kier molecular flexibility index (Phi) is 5.79. The first-order valence-corrected chi connectivity index (χ1v) is 9.86. The summed E-state index contributed by atoms with van der Waals surface area (Å²) >= 11 is 0. The molecule has 1 saturated carbocycles. The van der Waals surface area contributed by atoms with Crippen molar-refractivity contribution in [2.75, 3.05) is 13.7 Å². The molecule has 7 heteroatoms. The van der Waals surface area contributed by atoms with Crippen molar-refractivity contribution in [3.63, 3.8) is 0 Å². The fourth-order valence-corrected chi connectivity index (χ4v) is 3.11. The standard InChI is InChI=1S/C23H23N3O4/c1-29-19-11-7-17(8-12-19)21-13-20(25-30-21)23(28)26(14-16-5-3-2-4-6-16)15-22(27)24-18-9-10-18/h2-8,11-13,18H,9-10,14-15H2,1H3,(H,24,27). The zero-order chi connectivity index (χ0) is 20.9. The predicted octanol–water partition coefficient (Wildman–Crippen LogP) is 3.27. The minimum absolute atomic E-state index is 0.0328. The fourth-order valence-electron chi connectivity index (χ4n) is 3.11. The molecule has 0 aliphatic heterocycles. The summed E-state index contributed by atoms with van der Waals surface area (Å²) < 4.78 is 10.5. The van der Waals surface area contributed by atoms with Crippen LogP contribution in [0.5, 0.6) is 5.75 Å². The van der Waals surface area contributed by atoms with Crippen molar-refractivity contribution in [1.82, 2.24) is 15.4 Å². The van der Waals surface area contributed by atoms with Gasteiger partial charge >= 0.3 is 0 Å².